The van der Waals surface area contributed by atoms with E-state index in [-0.39, 0.29) is 5.41 Å². The first-order chi connectivity index (χ1) is 13.6. The second-order valence-corrected chi connectivity index (χ2v) is 10.1. The largest absolute Gasteiger partial charge is 0.496 e. The van der Waals surface area contributed by atoms with Crippen LogP contribution in [0.3, 0.4) is 0 Å². The molecule has 2 aliphatic carbocycles. The Bertz CT molecular complexity index is 818. The normalized spacial score (nSPS) is 26.8. The van der Waals surface area contributed by atoms with Gasteiger partial charge in [-0.2, -0.15) is 0 Å². The summed E-state index contributed by atoms with van der Waals surface area (Å²) < 4.78 is 5.49. The highest BCUT2D eigenvalue weighted by Gasteiger charge is 2.35. The highest BCUT2D eigenvalue weighted by Crippen LogP contribution is 2.46. The van der Waals surface area contributed by atoms with Crippen LogP contribution in [-0.4, -0.2) is 24.6 Å². The van der Waals surface area contributed by atoms with Crippen molar-refractivity contribution in [3.05, 3.63) is 59.2 Å². The first-order valence-corrected chi connectivity index (χ1v) is 11.6. The quantitative estimate of drug-likeness (QED) is 0.620. The number of fused-ring (bicyclic) bond motifs is 1. The predicted octanol–water partition coefficient (Wildman–Crippen LogP) is 5.86. The number of aliphatic hydroxyl groups excluding tert-OH is 1. The maximum atomic E-state index is 9.67. The fourth-order valence-electron chi connectivity index (χ4n) is 4.94. The van der Waals surface area contributed by atoms with Gasteiger partial charge in [-0.05, 0) is 84.6 Å². The minimum atomic E-state index is 0.126. The molecule has 1 N–H and O–H groups in total. The summed E-state index contributed by atoms with van der Waals surface area (Å²) in [4.78, 5) is 1.25. The van der Waals surface area contributed by atoms with Crippen LogP contribution in [0.15, 0.2) is 47.4 Å². The third kappa shape index (κ3) is 4.26. The molecule has 3 heteroatoms. The van der Waals surface area contributed by atoms with Crippen molar-refractivity contribution >= 4 is 11.8 Å². The molecule has 3 atom stereocenters. The van der Waals surface area contributed by atoms with Gasteiger partial charge in [0.05, 0.1) is 7.11 Å². The fraction of sp³-hybridized carbons (Fsp3) is 0.520. The van der Waals surface area contributed by atoms with Gasteiger partial charge in [-0.3, -0.25) is 0 Å². The summed E-state index contributed by atoms with van der Waals surface area (Å²) in [6.45, 7) is 2.55. The van der Waals surface area contributed by atoms with Crippen LogP contribution in [0.4, 0.5) is 0 Å². The van der Waals surface area contributed by atoms with Gasteiger partial charge in [0.15, 0.2) is 0 Å². The molecule has 28 heavy (non-hydrogen) atoms. The highest BCUT2D eigenvalue weighted by atomic mass is 32.2. The zero-order valence-electron chi connectivity index (χ0n) is 17.1. The van der Waals surface area contributed by atoms with Gasteiger partial charge < -0.3 is 9.84 Å². The number of hydrogen-bond donors (Lipinski definition) is 1. The highest BCUT2D eigenvalue weighted by molar-refractivity contribution is 7.99. The summed E-state index contributed by atoms with van der Waals surface area (Å²) >= 11 is 1.93. The van der Waals surface area contributed by atoms with Crippen molar-refractivity contribution in [2.45, 2.75) is 56.3 Å². The molecule has 2 aromatic carbocycles. The molecule has 0 heterocycles. The Hall–Kier alpha value is -1.45. The lowest BCUT2D eigenvalue weighted by Gasteiger charge is -2.26. The first-order valence-electron chi connectivity index (χ1n) is 10.6. The van der Waals surface area contributed by atoms with Crippen LogP contribution < -0.4 is 4.74 Å². The molecule has 0 bridgehead atoms. The van der Waals surface area contributed by atoms with Gasteiger partial charge in [-0.1, -0.05) is 37.3 Å². The number of aliphatic hydroxyl groups is 1. The van der Waals surface area contributed by atoms with E-state index >= 15 is 0 Å². The van der Waals surface area contributed by atoms with Crippen LogP contribution >= 0.6 is 11.8 Å². The lowest BCUT2D eigenvalue weighted by atomic mass is 9.81. The molecule has 1 saturated carbocycles. The van der Waals surface area contributed by atoms with Crippen LogP contribution in [0, 0.1) is 11.3 Å². The van der Waals surface area contributed by atoms with Crippen molar-refractivity contribution < 1.29 is 9.84 Å². The van der Waals surface area contributed by atoms with Gasteiger partial charge in [0.1, 0.15) is 5.75 Å². The van der Waals surface area contributed by atoms with E-state index < -0.39 is 0 Å². The van der Waals surface area contributed by atoms with Crippen LogP contribution in [-0.2, 0) is 12.8 Å². The summed E-state index contributed by atoms with van der Waals surface area (Å²) in [5, 5.41) is 9.67. The topological polar surface area (TPSA) is 29.5 Å². The summed E-state index contributed by atoms with van der Waals surface area (Å²) in [5.41, 5.74) is 4.73. The zero-order valence-corrected chi connectivity index (χ0v) is 17.9. The summed E-state index contributed by atoms with van der Waals surface area (Å²) in [5.74, 6) is 3.50. The Morgan fingerprint density at radius 2 is 2.00 bits per heavy atom. The number of rotatable bonds is 6. The molecule has 2 aliphatic rings. The van der Waals surface area contributed by atoms with Gasteiger partial charge in [0.2, 0.25) is 0 Å². The van der Waals surface area contributed by atoms with Crippen LogP contribution in [0.25, 0.3) is 0 Å². The van der Waals surface area contributed by atoms with E-state index in [2.05, 4.69) is 37.3 Å². The summed E-state index contributed by atoms with van der Waals surface area (Å²) in [7, 11) is 1.75. The van der Waals surface area contributed by atoms with E-state index in [1.165, 1.54) is 36.1 Å². The molecular weight excluding hydrogens is 364 g/mol. The first kappa shape index (κ1) is 19.8. The van der Waals surface area contributed by atoms with E-state index in [1.807, 2.05) is 23.9 Å². The standard InChI is InChI=1S/C25H32O2S/c1-25(17-26)12-11-22(15-25)21-10-9-19-13-18(7-8-20(19)14-21)16-28-24-6-4-3-5-23(24)27-2/h3-6,9-10,14,18,22,26H,7-8,11-13,15-17H2,1-2H3/t18-,22+,25+/m1/s1. The zero-order chi connectivity index (χ0) is 19.6. The Morgan fingerprint density at radius 3 is 2.79 bits per heavy atom. The average molecular weight is 397 g/mol. The van der Waals surface area contributed by atoms with Crippen LogP contribution in [0.1, 0.15) is 55.2 Å². The SMILES string of the molecule is COc1ccccc1SC[C@@H]1CCc2cc([C@H]3CC[C@](C)(CO)C3)ccc2C1. The second-order valence-electron chi connectivity index (χ2n) is 9.01. The second kappa shape index (κ2) is 8.51. The number of ether oxygens (including phenoxy) is 1. The molecule has 0 radical (unpaired) electrons. The van der Waals surface area contributed by atoms with E-state index in [0.29, 0.717) is 12.5 Å². The third-order valence-electron chi connectivity index (χ3n) is 6.79. The Balaban J connectivity index is 1.38. The van der Waals surface area contributed by atoms with Crippen molar-refractivity contribution in [2.75, 3.05) is 19.5 Å². The van der Waals surface area contributed by atoms with Gasteiger partial charge in [-0.15, -0.1) is 11.8 Å². The van der Waals surface area contributed by atoms with E-state index in [4.69, 9.17) is 4.74 Å². The van der Waals surface area contributed by atoms with Crippen LogP contribution in [0.5, 0.6) is 5.75 Å². The maximum Gasteiger partial charge on any atom is 0.132 e. The molecule has 0 amide bonds. The molecule has 1 fully saturated rings. The number of thioether (sulfide) groups is 1. The van der Waals surface area contributed by atoms with Gasteiger partial charge in [-0.25, -0.2) is 0 Å². The third-order valence-corrected chi connectivity index (χ3v) is 8.08. The summed E-state index contributed by atoms with van der Waals surface area (Å²) in [6, 6.07) is 15.6. The average Bonchev–Trinajstić information content (AvgIpc) is 3.14. The molecule has 0 aromatic heterocycles. The molecule has 2 nitrogen and oxygen atoms in total. The minimum absolute atomic E-state index is 0.126. The number of methoxy groups -OCH3 is 1. The monoisotopic (exact) mass is 396 g/mol. The number of para-hydroxylation sites is 1. The van der Waals surface area contributed by atoms with Crippen molar-refractivity contribution in [3.63, 3.8) is 0 Å². The van der Waals surface area contributed by atoms with Gasteiger partial charge >= 0.3 is 0 Å². The van der Waals surface area contributed by atoms with Gasteiger partial charge in [0, 0.05) is 17.3 Å². The maximum absolute atomic E-state index is 9.67. The van der Waals surface area contributed by atoms with E-state index in [0.717, 1.165) is 30.3 Å². The minimum Gasteiger partial charge on any atom is -0.496 e. The smallest absolute Gasteiger partial charge is 0.132 e. The number of aryl methyl sites for hydroxylation is 1. The molecule has 0 saturated heterocycles. The Labute approximate surface area is 173 Å². The van der Waals surface area contributed by atoms with Crippen molar-refractivity contribution in [1.82, 2.24) is 0 Å². The van der Waals surface area contributed by atoms with Crippen molar-refractivity contribution in [3.8, 4) is 5.75 Å². The lowest BCUT2D eigenvalue weighted by Crippen LogP contribution is -2.17. The Kier molecular flexibility index (Phi) is 6.03. The molecule has 0 unspecified atom stereocenters. The van der Waals surface area contributed by atoms with Crippen LogP contribution in [0.2, 0.25) is 0 Å². The fourth-order valence-corrected chi connectivity index (χ4v) is 6.11. The van der Waals surface area contributed by atoms with Gasteiger partial charge in [0.25, 0.3) is 0 Å². The molecule has 0 spiro atoms. The predicted molar refractivity (Wildman–Crippen MR) is 117 cm³/mol. The lowest BCUT2D eigenvalue weighted by molar-refractivity contribution is 0.147. The molecule has 2 aromatic rings. The molecular formula is C25H32O2S. The van der Waals surface area contributed by atoms with E-state index in [1.54, 1.807) is 18.2 Å². The molecule has 0 aliphatic heterocycles. The number of hydrogen-bond acceptors (Lipinski definition) is 3. The number of benzene rings is 2. The Morgan fingerprint density at radius 1 is 1.14 bits per heavy atom. The van der Waals surface area contributed by atoms with Crippen molar-refractivity contribution in [1.29, 1.82) is 0 Å². The van der Waals surface area contributed by atoms with E-state index in [9.17, 15) is 5.11 Å². The molecule has 4 rings (SSSR count). The van der Waals surface area contributed by atoms with Crippen molar-refractivity contribution in [2.24, 2.45) is 11.3 Å². The molecule has 150 valence electrons. The summed E-state index contributed by atoms with van der Waals surface area (Å²) in [6.07, 6.45) is 7.15.